The number of benzene rings is 1. The molecule has 5 heteroatoms. The minimum Gasteiger partial charge on any atom is -0.483 e. The first-order valence-corrected chi connectivity index (χ1v) is 5.64. The molecule has 0 amide bonds. The van der Waals surface area contributed by atoms with Crippen LogP contribution in [0.1, 0.15) is 21.6 Å². The van der Waals surface area contributed by atoms with E-state index < -0.39 is 11.8 Å². The number of hydrogen-bond acceptors (Lipinski definition) is 3. The quantitative estimate of drug-likeness (QED) is 0.919. The highest BCUT2D eigenvalue weighted by molar-refractivity contribution is 5.90. The molecule has 0 atom stereocenters. The molecule has 2 rings (SSSR count). The molecule has 0 fully saturated rings. The molecule has 98 valence electrons. The lowest BCUT2D eigenvalue weighted by Gasteiger charge is -2.10. The number of aromatic nitrogens is 1. The van der Waals surface area contributed by atoms with Crippen LogP contribution in [-0.2, 0) is 6.61 Å². The van der Waals surface area contributed by atoms with Gasteiger partial charge in [-0.15, -0.1) is 0 Å². The predicted molar refractivity (Wildman–Crippen MR) is 66.7 cm³/mol. The molecule has 0 aliphatic rings. The number of pyridine rings is 1. The van der Waals surface area contributed by atoms with E-state index in [0.29, 0.717) is 5.69 Å². The Morgan fingerprint density at radius 3 is 2.84 bits per heavy atom. The molecule has 1 aromatic heterocycles. The number of para-hydroxylation sites is 1. The van der Waals surface area contributed by atoms with Gasteiger partial charge < -0.3 is 9.84 Å². The molecule has 0 radical (unpaired) electrons. The fourth-order valence-electron chi connectivity index (χ4n) is 1.63. The molecule has 0 saturated heterocycles. The summed E-state index contributed by atoms with van der Waals surface area (Å²) in [5.41, 5.74) is 1.34. The molecule has 0 saturated carbocycles. The first-order valence-electron chi connectivity index (χ1n) is 5.64. The topological polar surface area (TPSA) is 59.4 Å². The Labute approximate surface area is 109 Å². The number of aryl methyl sites for hydroxylation is 1. The summed E-state index contributed by atoms with van der Waals surface area (Å²) < 4.78 is 18.9. The molecule has 19 heavy (non-hydrogen) atoms. The minimum absolute atomic E-state index is 0.0217. The van der Waals surface area contributed by atoms with E-state index in [-0.39, 0.29) is 17.9 Å². The van der Waals surface area contributed by atoms with Gasteiger partial charge in [0, 0.05) is 6.20 Å². The van der Waals surface area contributed by atoms with Crippen LogP contribution in [0.4, 0.5) is 4.39 Å². The highest BCUT2D eigenvalue weighted by atomic mass is 19.1. The summed E-state index contributed by atoms with van der Waals surface area (Å²) in [7, 11) is 0. The molecule has 0 spiro atoms. The van der Waals surface area contributed by atoms with Gasteiger partial charge in [-0.25, -0.2) is 9.18 Å². The van der Waals surface area contributed by atoms with E-state index in [1.165, 1.54) is 12.1 Å². The SMILES string of the molecule is Cc1cccnc1COc1c(F)cccc1C(=O)O. The number of carboxylic acids is 1. The third kappa shape index (κ3) is 2.88. The van der Waals surface area contributed by atoms with E-state index in [2.05, 4.69) is 4.98 Å². The van der Waals surface area contributed by atoms with Gasteiger partial charge in [0.15, 0.2) is 11.6 Å². The average molecular weight is 261 g/mol. The van der Waals surface area contributed by atoms with Crippen molar-refractivity contribution < 1.29 is 19.0 Å². The van der Waals surface area contributed by atoms with Gasteiger partial charge in [-0.3, -0.25) is 4.98 Å². The van der Waals surface area contributed by atoms with Crippen molar-refractivity contribution in [3.8, 4) is 5.75 Å². The summed E-state index contributed by atoms with van der Waals surface area (Å²) in [5, 5.41) is 8.98. The number of halogens is 1. The van der Waals surface area contributed by atoms with Gasteiger partial charge in [-0.05, 0) is 30.7 Å². The van der Waals surface area contributed by atoms with Crippen LogP contribution in [0.5, 0.6) is 5.75 Å². The Hall–Kier alpha value is -2.43. The highest BCUT2D eigenvalue weighted by Gasteiger charge is 2.16. The van der Waals surface area contributed by atoms with Crippen molar-refractivity contribution in [3.63, 3.8) is 0 Å². The molecular weight excluding hydrogens is 249 g/mol. The summed E-state index contributed by atoms with van der Waals surface area (Å²) in [6.45, 7) is 1.87. The molecule has 0 unspecified atom stereocenters. The zero-order valence-electron chi connectivity index (χ0n) is 10.3. The van der Waals surface area contributed by atoms with Crippen LogP contribution in [-0.4, -0.2) is 16.1 Å². The van der Waals surface area contributed by atoms with Crippen LogP contribution >= 0.6 is 0 Å². The number of rotatable bonds is 4. The van der Waals surface area contributed by atoms with Gasteiger partial charge in [-0.1, -0.05) is 12.1 Å². The van der Waals surface area contributed by atoms with Gasteiger partial charge in [0.25, 0.3) is 0 Å². The van der Waals surface area contributed by atoms with Gasteiger partial charge in [0.1, 0.15) is 12.2 Å². The van der Waals surface area contributed by atoms with E-state index >= 15 is 0 Å². The van der Waals surface area contributed by atoms with Crippen molar-refractivity contribution in [1.82, 2.24) is 4.98 Å². The Bertz CT molecular complexity index is 613. The first kappa shape index (κ1) is 13.0. The van der Waals surface area contributed by atoms with Crippen LogP contribution in [0.15, 0.2) is 36.5 Å². The summed E-state index contributed by atoms with van der Waals surface area (Å²) >= 11 is 0. The van der Waals surface area contributed by atoms with Crippen LogP contribution in [0.2, 0.25) is 0 Å². The minimum atomic E-state index is -1.23. The Morgan fingerprint density at radius 2 is 2.16 bits per heavy atom. The Kier molecular flexibility index (Phi) is 3.75. The summed E-state index contributed by atoms with van der Waals surface area (Å²) in [6, 6.07) is 7.42. The number of hydrogen-bond donors (Lipinski definition) is 1. The molecule has 1 heterocycles. The van der Waals surface area contributed by atoms with Crippen LogP contribution in [0, 0.1) is 12.7 Å². The standard InChI is InChI=1S/C14H12FNO3/c1-9-4-3-7-16-12(9)8-19-13-10(14(17)18)5-2-6-11(13)15/h2-7H,8H2,1H3,(H,17,18). The van der Waals surface area contributed by atoms with Crippen molar-refractivity contribution >= 4 is 5.97 Å². The monoisotopic (exact) mass is 261 g/mol. The second-order valence-electron chi connectivity index (χ2n) is 3.98. The maximum Gasteiger partial charge on any atom is 0.339 e. The number of nitrogens with zero attached hydrogens (tertiary/aromatic N) is 1. The third-order valence-electron chi connectivity index (χ3n) is 2.67. The Morgan fingerprint density at radius 1 is 1.37 bits per heavy atom. The zero-order valence-corrected chi connectivity index (χ0v) is 10.3. The van der Waals surface area contributed by atoms with Crippen molar-refractivity contribution in [1.29, 1.82) is 0 Å². The van der Waals surface area contributed by atoms with Crippen LogP contribution in [0.3, 0.4) is 0 Å². The molecule has 1 aromatic carbocycles. The molecule has 2 aromatic rings. The predicted octanol–water partition coefficient (Wildman–Crippen LogP) is 2.81. The molecule has 4 nitrogen and oxygen atoms in total. The molecule has 0 aliphatic carbocycles. The number of carbonyl (C=O) groups is 1. The number of ether oxygens (including phenoxy) is 1. The van der Waals surface area contributed by atoms with Crippen molar-refractivity contribution in [2.24, 2.45) is 0 Å². The summed E-state index contributed by atoms with van der Waals surface area (Å²) in [6.07, 6.45) is 1.60. The van der Waals surface area contributed by atoms with E-state index in [1.807, 2.05) is 13.0 Å². The fourth-order valence-corrected chi connectivity index (χ4v) is 1.63. The third-order valence-corrected chi connectivity index (χ3v) is 2.67. The largest absolute Gasteiger partial charge is 0.483 e. The second-order valence-corrected chi connectivity index (χ2v) is 3.98. The van der Waals surface area contributed by atoms with E-state index in [9.17, 15) is 9.18 Å². The zero-order chi connectivity index (χ0) is 13.8. The normalized spacial score (nSPS) is 10.2. The molecule has 0 bridgehead atoms. The maximum absolute atomic E-state index is 13.6. The van der Waals surface area contributed by atoms with Gasteiger partial charge in [0.2, 0.25) is 0 Å². The van der Waals surface area contributed by atoms with E-state index in [0.717, 1.165) is 11.6 Å². The van der Waals surface area contributed by atoms with Gasteiger partial charge in [0.05, 0.1) is 5.69 Å². The van der Waals surface area contributed by atoms with Crippen LogP contribution in [0.25, 0.3) is 0 Å². The van der Waals surface area contributed by atoms with Gasteiger partial charge >= 0.3 is 5.97 Å². The number of carboxylic acid groups (broad SMARTS) is 1. The lowest BCUT2D eigenvalue weighted by atomic mass is 10.2. The first-order chi connectivity index (χ1) is 9.09. The summed E-state index contributed by atoms with van der Waals surface area (Å²) in [4.78, 5) is 15.1. The molecule has 0 aliphatic heterocycles. The van der Waals surface area contributed by atoms with Crippen molar-refractivity contribution in [2.75, 3.05) is 0 Å². The lowest BCUT2D eigenvalue weighted by Crippen LogP contribution is -2.07. The lowest BCUT2D eigenvalue weighted by molar-refractivity contribution is 0.0690. The Balaban J connectivity index is 2.25. The molecular formula is C14H12FNO3. The van der Waals surface area contributed by atoms with Crippen molar-refractivity contribution in [3.05, 3.63) is 59.2 Å². The highest BCUT2D eigenvalue weighted by Crippen LogP contribution is 2.23. The smallest absolute Gasteiger partial charge is 0.339 e. The average Bonchev–Trinajstić information content (AvgIpc) is 2.38. The molecule has 1 N–H and O–H groups in total. The summed E-state index contributed by atoms with van der Waals surface area (Å²) in [5.74, 6) is -2.19. The number of aromatic carboxylic acids is 1. The fraction of sp³-hybridized carbons (Fsp3) is 0.143. The second kappa shape index (κ2) is 5.48. The van der Waals surface area contributed by atoms with Crippen molar-refractivity contribution in [2.45, 2.75) is 13.5 Å². The van der Waals surface area contributed by atoms with Gasteiger partial charge in [-0.2, -0.15) is 0 Å². The maximum atomic E-state index is 13.6. The van der Waals surface area contributed by atoms with E-state index in [4.69, 9.17) is 9.84 Å². The van der Waals surface area contributed by atoms with Crippen LogP contribution < -0.4 is 4.74 Å². The van der Waals surface area contributed by atoms with E-state index in [1.54, 1.807) is 12.3 Å².